The Bertz CT molecular complexity index is 545. The second-order valence-corrected chi connectivity index (χ2v) is 5.14. The predicted octanol–water partition coefficient (Wildman–Crippen LogP) is 2.98. The summed E-state index contributed by atoms with van der Waals surface area (Å²) >= 11 is 6.08. The molecule has 4 nitrogen and oxygen atoms in total. The van der Waals surface area contributed by atoms with Crippen LogP contribution in [-0.4, -0.2) is 19.6 Å². The van der Waals surface area contributed by atoms with Crippen molar-refractivity contribution in [1.82, 2.24) is 19.6 Å². The summed E-state index contributed by atoms with van der Waals surface area (Å²) in [4.78, 5) is 4.25. The fraction of sp³-hybridized carbons (Fsp3) is 0.583. The Morgan fingerprint density at radius 2 is 1.94 bits per heavy atom. The van der Waals surface area contributed by atoms with Crippen molar-refractivity contribution in [2.75, 3.05) is 0 Å². The van der Waals surface area contributed by atoms with Gasteiger partial charge < -0.3 is 0 Å². The lowest BCUT2D eigenvalue weighted by Gasteiger charge is -2.08. The molecule has 0 unspecified atom stereocenters. The molecule has 5 heteroatoms. The SMILES string of the molecule is Cc1nc(Cl)c2nnc(CCC(C)C)n2c1C. The molecular weight excluding hydrogens is 236 g/mol. The summed E-state index contributed by atoms with van der Waals surface area (Å²) in [6.45, 7) is 8.38. The largest absolute Gasteiger partial charge is 0.279 e. The molecule has 0 aliphatic rings. The summed E-state index contributed by atoms with van der Waals surface area (Å²) in [7, 11) is 0. The Kier molecular flexibility index (Phi) is 3.33. The van der Waals surface area contributed by atoms with E-state index in [1.165, 1.54) is 0 Å². The van der Waals surface area contributed by atoms with E-state index in [2.05, 4.69) is 29.0 Å². The minimum Gasteiger partial charge on any atom is -0.279 e. The smallest absolute Gasteiger partial charge is 0.198 e. The highest BCUT2D eigenvalue weighted by molar-refractivity contribution is 6.32. The third-order valence-corrected chi connectivity index (χ3v) is 3.24. The van der Waals surface area contributed by atoms with Gasteiger partial charge in [0, 0.05) is 12.1 Å². The zero-order valence-corrected chi connectivity index (χ0v) is 11.4. The first-order chi connectivity index (χ1) is 8.00. The zero-order valence-electron chi connectivity index (χ0n) is 10.7. The summed E-state index contributed by atoms with van der Waals surface area (Å²) in [5.74, 6) is 1.62. The average molecular weight is 253 g/mol. The number of rotatable bonds is 3. The summed E-state index contributed by atoms with van der Waals surface area (Å²) in [6, 6.07) is 0. The summed E-state index contributed by atoms with van der Waals surface area (Å²) in [5, 5.41) is 8.76. The van der Waals surface area contributed by atoms with E-state index < -0.39 is 0 Å². The van der Waals surface area contributed by atoms with Gasteiger partial charge in [0.1, 0.15) is 5.82 Å². The highest BCUT2D eigenvalue weighted by atomic mass is 35.5. The Morgan fingerprint density at radius 1 is 1.24 bits per heavy atom. The quantitative estimate of drug-likeness (QED) is 0.844. The maximum atomic E-state index is 6.08. The molecule has 0 spiro atoms. The lowest BCUT2D eigenvalue weighted by Crippen LogP contribution is -2.04. The summed E-state index contributed by atoms with van der Waals surface area (Å²) in [5.41, 5.74) is 2.65. The molecule has 0 N–H and O–H groups in total. The molecule has 92 valence electrons. The molecule has 0 radical (unpaired) electrons. The van der Waals surface area contributed by atoms with Crippen molar-refractivity contribution >= 4 is 17.2 Å². The van der Waals surface area contributed by atoms with E-state index in [0.717, 1.165) is 30.1 Å². The van der Waals surface area contributed by atoms with Crippen molar-refractivity contribution in [1.29, 1.82) is 0 Å². The lowest BCUT2D eigenvalue weighted by molar-refractivity contribution is 0.571. The van der Waals surface area contributed by atoms with Gasteiger partial charge in [0.25, 0.3) is 0 Å². The molecule has 0 aromatic carbocycles. The normalized spacial score (nSPS) is 11.6. The minimum atomic E-state index is 0.427. The van der Waals surface area contributed by atoms with Crippen LogP contribution in [0.15, 0.2) is 0 Å². The van der Waals surface area contributed by atoms with Crippen LogP contribution in [0.1, 0.15) is 37.5 Å². The fourth-order valence-electron chi connectivity index (χ4n) is 1.82. The van der Waals surface area contributed by atoms with Gasteiger partial charge in [-0.3, -0.25) is 4.40 Å². The highest BCUT2D eigenvalue weighted by Crippen LogP contribution is 2.19. The van der Waals surface area contributed by atoms with Crippen LogP contribution < -0.4 is 0 Å². The molecule has 0 aliphatic heterocycles. The van der Waals surface area contributed by atoms with Crippen LogP contribution in [0.2, 0.25) is 5.15 Å². The fourth-order valence-corrected chi connectivity index (χ4v) is 2.07. The maximum absolute atomic E-state index is 6.08. The molecule has 17 heavy (non-hydrogen) atoms. The number of aryl methyl sites for hydroxylation is 3. The lowest BCUT2D eigenvalue weighted by atomic mass is 10.1. The second kappa shape index (κ2) is 4.61. The van der Waals surface area contributed by atoms with Crippen molar-refractivity contribution in [2.45, 2.75) is 40.5 Å². The van der Waals surface area contributed by atoms with E-state index in [1.807, 2.05) is 18.2 Å². The van der Waals surface area contributed by atoms with Crippen LogP contribution in [-0.2, 0) is 6.42 Å². The zero-order chi connectivity index (χ0) is 12.6. The first-order valence-corrected chi connectivity index (χ1v) is 6.25. The monoisotopic (exact) mass is 252 g/mol. The molecule has 0 amide bonds. The standard InChI is InChI=1S/C12H17ClN4/c1-7(2)5-6-10-15-16-12-11(13)14-8(3)9(4)17(10)12/h7H,5-6H2,1-4H3. The first kappa shape index (κ1) is 12.3. The van der Waals surface area contributed by atoms with Crippen LogP contribution in [0.4, 0.5) is 0 Å². The summed E-state index contributed by atoms with van der Waals surface area (Å²) < 4.78 is 2.02. The second-order valence-electron chi connectivity index (χ2n) is 4.78. The molecule has 2 heterocycles. The molecule has 0 fully saturated rings. The molecule has 0 bridgehead atoms. The minimum absolute atomic E-state index is 0.427. The molecule has 2 rings (SSSR count). The van der Waals surface area contributed by atoms with Crippen LogP contribution in [0, 0.1) is 19.8 Å². The van der Waals surface area contributed by atoms with E-state index in [0.29, 0.717) is 16.7 Å². The van der Waals surface area contributed by atoms with E-state index in [9.17, 15) is 0 Å². The Morgan fingerprint density at radius 3 is 2.59 bits per heavy atom. The van der Waals surface area contributed by atoms with Crippen molar-refractivity contribution in [3.8, 4) is 0 Å². The molecule has 0 saturated heterocycles. The van der Waals surface area contributed by atoms with Gasteiger partial charge in [0.2, 0.25) is 0 Å². The number of nitrogens with zero attached hydrogens (tertiary/aromatic N) is 4. The Labute approximate surface area is 106 Å². The van der Waals surface area contributed by atoms with Crippen molar-refractivity contribution in [3.05, 3.63) is 22.4 Å². The van der Waals surface area contributed by atoms with Gasteiger partial charge in [0.15, 0.2) is 10.8 Å². The van der Waals surface area contributed by atoms with Gasteiger partial charge in [-0.2, -0.15) is 0 Å². The Hall–Kier alpha value is -1.16. The topological polar surface area (TPSA) is 43.1 Å². The third-order valence-electron chi connectivity index (χ3n) is 2.98. The van der Waals surface area contributed by atoms with Crippen molar-refractivity contribution < 1.29 is 0 Å². The van der Waals surface area contributed by atoms with Gasteiger partial charge in [0.05, 0.1) is 5.69 Å². The third kappa shape index (κ3) is 2.27. The van der Waals surface area contributed by atoms with Gasteiger partial charge in [-0.1, -0.05) is 25.4 Å². The van der Waals surface area contributed by atoms with Crippen LogP contribution >= 0.6 is 11.6 Å². The maximum Gasteiger partial charge on any atom is 0.198 e. The van der Waals surface area contributed by atoms with Gasteiger partial charge in [-0.05, 0) is 26.2 Å². The van der Waals surface area contributed by atoms with Gasteiger partial charge in [-0.15, -0.1) is 10.2 Å². The van der Waals surface area contributed by atoms with Gasteiger partial charge >= 0.3 is 0 Å². The van der Waals surface area contributed by atoms with E-state index in [-0.39, 0.29) is 0 Å². The molecule has 2 aromatic heterocycles. The van der Waals surface area contributed by atoms with Crippen LogP contribution in [0.5, 0.6) is 0 Å². The molecule has 0 saturated carbocycles. The number of hydrogen-bond acceptors (Lipinski definition) is 3. The molecule has 2 aromatic rings. The highest BCUT2D eigenvalue weighted by Gasteiger charge is 2.14. The van der Waals surface area contributed by atoms with Crippen molar-refractivity contribution in [2.24, 2.45) is 5.92 Å². The number of fused-ring (bicyclic) bond motifs is 1. The predicted molar refractivity (Wildman–Crippen MR) is 68.4 cm³/mol. The number of hydrogen-bond donors (Lipinski definition) is 0. The Balaban J connectivity index is 2.51. The van der Waals surface area contributed by atoms with Crippen molar-refractivity contribution in [3.63, 3.8) is 0 Å². The van der Waals surface area contributed by atoms with E-state index in [4.69, 9.17) is 11.6 Å². The number of aromatic nitrogens is 4. The molecule has 0 aliphatic carbocycles. The summed E-state index contributed by atoms with van der Waals surface area (Å²) in [6.07, 6.45) is 2.01. The van der Waals surface area contributed by atoms with E-state index >= 15 is 0 Å². The van der Waals surface area contributed by atoms with Gasteiger partial charge in [-0.25, -0.2) is 4.98 Å². The van der Waals surface area contributed by atoms with Crippen LogP contribution in [0.25, 0.3) is 5.65 Å². The average Bonchev–Trinajstić information content (AvgIpc) is 2.67. The number of halogens is 1. The first-order valence-electron chi connectivity index (χ1n) is 5.87. The molecular formula is C12H17ClN4. The van der Waals surface area contributed by atoms with Crippen LogP contribution in [0.3, 0.4) is 0 Å². The molecule has 0 atom stereocenters. The van der Waals surface area contributed by atoms with E-state index in [1.54, 1.807) is 0 Å².